The van der Waals surface area contributed by atoms with Crippen LogP contribution in [-0.2, 0) is 6.42 Å². The summed E-state index contributed by atoms with van der Waals surface area (Å²) in [6.45, 7) is 4.28. The fraction of sp³-hybridized carbons (Fsp3) is 0.600. The number of rotatable bonds is 3. The standard InChI is InChI=1S/C15H23N3O/c1-3-12-8-11(9-14(16)17-12)15(19)18-13-6-4-10(2)5-7-13/h8-10,13H,3-7H2,1-2H3,(H2,16,17)(H,18,19). The Morgan fingerprint density at radius 2 is 2.05 bits per heavy atom. The van der Waals surface area contributed by atoms with E-state index in [1.807, 2.05) is 13.0 Å². The summed E-state index contributed by atoms with van der Waals surface area (Å²) in [5, 5.41) is 3.11. The molecule has 0 atom stereocenters. The summed E-state index contributed by atoms with van der Waals surface area (Å²) in [7, 11) is 0. The van der Waals surface area contributed by atoms with Crippen LogP contribution in [0.5, 0.6) is 0 Å². The van der Waals surface area contributed by atoms with Gasteiger partial charge in [0.15, 0.2) is 0 Å². The second-order valence-corrected chi connectivity index (χ2v) is 5.56. The highest BCUT2D eigenvalue weighted by Gasteiger charge is 2.20. The molecule has 0 spiro atoms. The van der Waals surface area contributed by atoms with Crippen molar-refractivity contribution in [2.24, 2.45) is 5.92 Å². The molecular formula is C15H23N3O. The summed E-state index contributed by atoms with van der Waals surface area (Å²) >= 11 is 0. The van der Waals surface area contributed by atoms with E-state index in [0.29, 0.717) is 17.4 Å². The Morgan fingerprint density at radius 3 is 2.68 bits per heavy atom. The Bertz CT molecular complexity index is 451. The number of nitrogens with one attached hydrogen (secondary N) is 1. The van der Waals surface area contributed by atoms with Gasteiger partial charge < -0.3 is 11.1 Å². The highest BCUT2D eigenvalue weighted by molar-refractivity contribution is 5.95. The maximum absolute atomic E-state index is 12.2. The van der Waals surface area contributed by atoms with Gasteiger partial charge in [-0.25, -0.2) is 4.98 Å². The summed E-state index contributed by atoms with van der Waals surface area (Å²) in [6, 6.07) is 3.79. The normalized spacial score (nSPS) is 23.1. The van der Waals surface area contributed by atoms with Crippen LogP contribution in [0.2, 0.25) is 0 Å². The molecule has 1 fully saturated rings. The maximum atomic E-state index is 12.2. The van der Waals surface area contributed by atoms with Crippen LogP contribution in [0.3, 0.4) is 0 Å². The zero-order valence-corrected chi connectivity index (χ0v) is 11.8. The summed E-state index contributed by atoms with van der Waals surface area (Å²) in [6.07, 6.45) is 5.34. The number of nitrogen functional groups attached to an aromatic ring is 1. The van der Waals surface area contributed by atoms with Gasteiger partial charge in [-0.2, -0.15) is 0 Å². The maximum Gasteiger partial charge on any atom is 0.251 e. The van der Waals surface area contributed by atoms with E-state index in [1.54, 1.807) is 6.07 Å². The van der Waals surface area contributed by atoms with Crippen LogP contribution in [0.25, 0.3) is 0 Å². The van der Waals surface area contributed by atoms with Gasteiger partial charge in [-0.3, -0.25) is 4.79 Å². The lowest BCUT2D eigenvalue weighted by molar-refractivity contribution is 0.0923. The number of nitrogens with zero attached hydrogens (tertiary/aromatic N) is 1. The summed E-state index contributed by atoms with van der Waals surface area (Å²) < 4.78 is 0. The van der Waals surface area contributed by atoms with Gasteiger partial charge in [0.05, 0.1) is 0 Å². The zero-order valence-electron chi connectivity index (χ0n) is 11.8. The van der Waals surface area contributed by atoms with Gasteiger partial charge >= 0.3 is 0 Å². The molecule has 19 heavy (non-hydrogen) atoms. The molecular weight excluding hydrogens is 238 g/mol. The number of carbonyl (C=O) groups is 1. The molecule has 4 heteroatoms. The second kappa shape index (κ2) is 6.04. The number of hydrogen-bond donors (Lipinski definition) is 2. The first-order valence-corrected chi connectivity index (χ1v) is 7.15. The van der Waals surface area contributed by atoms with Crippen LogP contribution in [0.4, 0.5) is 5.82 Å². The zero-order chi connectivity index (χ0) is 13.8. The van der Waals surface area contributed by atoms with Crippen LogP contribution in [0.1, 0.15) is 55.6 Å². The topological polar surface area (TPSA) is 68.0 Å². The minimum atomic E-state index is -0.0247. The molecule has 0 aromatic carbocycles. The van der Waals surface area contributed by atoms with Crippen LogP contribution in [0.15, 0.2) is 12.1 Å². The molecule has 4 nitrogen and oxygen atoms in total. The van der Waals surface area contributed by atoms with E-state index in [2.05, 4.69) is 17.2 Å². The second-order valence-electron chi connectivity index (χ2n) is 5.56. The van der Waals surface area contributed by atoms with Crippen molar-refractivity contribution in [1.82, 2.24) is 10.3 Å². The molecule has 1 aromatic rings. The van der Waals surface area contributed by atoms with Gasteiger partial charge in [0.2, 0.25) is 0 Å². The number of nitrogens with two attached hydrogens (primary N) is 1. The van der Waals surface area contributed by atoms with Crippen molar-refractivity contribution in [2.45, 2.75) is 52.0 Å². The Labute approximate surface area is 114 Å². The molecule has 2 rings (SSSR count). The lowest BCUT2D eigenvalue weighted by Crippen LogP contribution is -2.37. The Kier molecular flexibility index (Phi) is 4.40. The molecule has 1 aromatic heterocycles. The molecule has 1 aliphatic rings. The molecule has 0 bridgehead atoms. The smallest absolute Gasteiger partial charge is 0.251 e. The van der Waals surface area contributed by atoms with Gasteiger partial charge in [0, 0.05) is 17.3 Å². The van der Waals surface area contributed by atoms with Crippen molar-refractivity contribution in [3.8, 4) is 0 Å². The number of aryl methyl sites for hydroxylation is 1. The third-order valence-electron chi connectivity index (χ3n) is 3.87. The minimum absolute atomic E-state index is 0.0247. The fourth-order valence-corrected chi connectivity index (χ4v) is 2.60. The number of hydrogen-bond acceptors (Lipinski definition) is 3. The van der Waals surface area contributed by atoms with Crippen molar-refractivity contribution in [3.63, 3.8) is 0 Å². The van der Waals surface area contributed by atoms with E-state index >= 15 is 0 Å². The SMILES string of the molecule is CCc1cc(C(=O)NC2CCC(C)CC2)cc(N)n1. The highest BCUT2D eigenvalue weighted by atomic mass is 16.1. The first-order valence-electron chi connectivity index (χ1n) is 7.15. The van der Waals surface area contributed by atoms with Gasteiger partial charge in [0.25, 0.3) is 5.91 Å². The molecule has 0 unspecified atom stereocenters. The lowest BCUT2D eigenvalue weighted by Gasteiger charge is -2.27. The van der Waals surface area contributed by atoms with Crippen molar-refractivity contribution in [1.29, 1.82) is 0 Å². The first-order chi connectivity index (χ1) is 9.08. The molecule has 1 saturated carbocycles. The largest absolute Gasteiger partial charge is 0.384 e. The number of anilines is 1. The number of amides is 1. The molecule has 1 amide bonds. The van der Waals surface area contributed by atoms with E-state index in [4.69, 9.17) is 5.73 Å². The molecule has 104 valence electrons. The number of aromatic nitrogens is 1. The molecule has 0 saturated heterocycles. The lowest BCUT2D eigenvalue weighted by atomic mass is 9.87. The van der Waals surface area contributed by atoms with E-state index in [0.717, 1.165) is 30.9 Å². The van der Waals surface area contributed by atoms with Gasteiger partial charge in [-0.1, -0.05) is 13.8 Å². The van der Waals surface area contributed by atoms with Gasteiger partial charge in [-0.15, -0.1) is 0 Å². The molecule has 3 N–H and O–H groups in total. The Morgan fingerprint density at radius 1 is 1.37 bits per heavy atom. The van der Waals surface area contributed by atoms with Crippen molar-refractivity contribution in [3.05, 3.63) is 23.4 Å². The number of carbonyl (C=O) groups excluding carboxylic acids is 1. The quantitative estimate of drug-likeness (QED) is 0.878. The predicted molar refractivity (Wildman–Crippen MR) is 76.9 cm³/mol. The predicted octanol–water partition coefficient (Wildman–Crippen LogP) is 2.53. The van der Waals surface area contributed by atoms with E-state index in [1.165, 1.54) is 12.8 Å². The van der Waals surface area contributed by atoms with Crippen molar-refractivity contribution in [2.75, 3.05) is 5.73 Å². The van der Waals surface area contributed by atoms with Gasteiger partial charge in [-0.05, 0) is 50.2 Å². The minimum Gasteiger partial charge on any atom is -0.384 e. The molecule has 1 aliphatic carbocycles. The Balaban J connectivity index is 2.01. The van der Waals surface area contributed by atoms with Crippen LogP contribution < -0.4 is 11.1 Å². The number of pyridine rings is 1. The average molecular weight is 261 g/mol. The van der Waals surface area contributed by atoms with E-state index in [9.17, 15) is 4.79 Å². The van der Waals surface area contributed by atoms with Crippen LogP contribution in [-0.4, -0.2) is 16.9 Å². The highest BCUT2D eigenvalue weighted by Crippen LogP contribution is 2.23. The molecule has 0 radical (unpaired) electrons. The van der Waals surface area contributed by atoms with Crippen LogP contribution in [0, 0.1) is 5.92 Å². The summed E-state index contributed by atoms with van der Waals surface area (Å²) in [5.74, 6) is 1.18. The average Bonchev–Trinajstić information content (AvgIpc) is 2.40. The Hall–Kier alpha value is -1.58. The van der Waals surface area contributed by atoms with Crippen molar-refractivity contribution < 1.29 is 4.79 Å². The van der Waals surface area contributed by atoms with Crippen LogP contribution >= 0.6 is 0 Å². The van der Waals surface area contributed by atoms with Gasteiger partial charge in [0.1, 0.15) is 5.82 Å². The fourth-order valence-electron chi connectivity index (χ4n) is 2.60. The first kappa shape index (κ1) is 13.8. The van der Waals surface area contributed by atoms with E-state index < -0.39 is 0 Å². The summed E-state index contributed by atoms with van der Waals surface area (Å²) in [4.78, 5) is 16.4. The third kappa shape index (κ3) is 3.69. The van der Waals surface area contributed by atoms with E-state index in [-0.39, 0.29) is 5.91 Å². The van der Waals surface area contributed by atoms with Crippen molar-refractivity contribution >= 4 is 11.7 Å². The monoisotopic (exact) mass is 261 g/mol. The third-order valence-corrected chi connectivity index (χ3v) is 3.87. The summed E-state index contributed by atoms with van der Waals surface area (Å²) in [5.41, 5.74) is 7.22. The molecule has 1 heterocycles. The molecule has 0 aliphatic heterocycles.